The molecule has 0 amide bonds. The molecule has 0 saturated carbocycles. The molecule has 0 saturated heterocycles. The Bertz CT molecular complexity index is 692. The molecule has 1 atom stereocenters. The Kier molecular flexibility index (Phi) is 4.84. The molecule has 2 N–H and O–H groups in total. The van der Waals surface area contributed by atoms with Crippen LogP contribution >= 0.6 is 31.9 Å². The van der Waals surface area contributed by atoms with Crippen LogP contribution in [0.15, 0.2) is 45.3 Å². The lowest BCUT2D eigenvalue weighted by atomic mass is 10.1. The zero-order valence-corrected chi connectivity index (χ0v) is 14.2. The maximum absolute atomic E-state index is 11.0. The molecular weight excluding hydrogens is 404 g/mol. The Balaban J connectivity index is 2.31. The summed E-state index contributed by atoms with van der Waals surface area (Å²) < 4.78 is 1.85. The summed E-state index contributed by atoms with van der Waals surface area (Å²) in [5.74, 6) is -0.135. The lowest BCUT2D eigenvalue weighted by Crippen LogP contribution is -2.09. The number of phenols is 1. The number of nitrogens with zero attached hydrogens (tertiary/aromatic N) is 1. The number of benzene rings is 2. The lowest BCUT2D eigenvalue weighted by molar-refractivity contribution is -0.384. The van der Waals surface area contributed by atoms with Crippen LogP contribution in [0.1, 0.15) is 18.5 Å². The molecule has 110 valence electrons. The van der Waals surface area contributed by atoms with Gasteiger partial charge >= 0.3 is 0 Å². The summed E-state index contributed by atoms with van der Waals surface area (Å²) in [4.78, 5) is 10.5. The standard InChI is InChI=1S/C14H12Br2N2O3/c1-8(11-4-2-9(15)6-12(11)16)17-13-5-3-10(19)7-14(13)18(20)21/h2-8,17,19H,1H3. The number of halogens is 2. The van der Waals surface area contributed by atoms with Gasteiger partial charge in [0.15, 0.2) is 0 Å². The zero-order valence-electron chi connectivity index (χ0n) is 11.0. The van der Waals surface area contributed by atoms with Crippen LogP contribution < -0.4 is 5.32 Å². The van der Waals surface area contributed by atoms with E-state index in [2.05, 4.69) is 37.2 Å². The summed E-state index contributed by atoms with van der Waals surface area (Å²) in [5.41, 5.74) is 1.18. The van der Waals surface area contributed by atoms with Crippen LogP contribution in [-0.2, 0) is 0 Å². The van der Waals surface area contributed by atoms with Crippen molar-refractivity contribution >= 4 is 43.2 Å². The van der Waals surface area contributed by atoms with E-state index >= 15 is 0 Å². The van der Waals surface area contributed by atoms with Crippen molar-refractivity contribution in [1.29, 1.82) is 0 Å². The second-order valence-corrected chi connectivity index (χ2v) is 6.26. The minimum Gasteiger partial charge on any atom is -0.508 e. The van der Waals surface area contributed by atoms with Gasteiger partial charge in [-0.1, -0.05) is 37.9 Å². The molecule has 0 heterocycles. The van der Waals surface area contributed by atoms with Crippen molar-refractivity contribution in [3.05, 3.63) is 61.0 Å². The van der Waals surface area contributed by atoms with E-state index in [0.717, 1.165) is 20.6 Å². The highest BCUT2D eigenvalue weighted by Crippen LogP contribution is 2.33. The summed E-state index contributed by atoms with van der Waals surface area (Å²) in [6.07, 6.45) is 0. The average Bonchev–Trinajstić information content (AvgIpc) is 2.40. The molecule has 0 spiro atoms. The van der Waals surface area contributed by atoms with E-state index in [0.29, 0.717) is 5.69 Å². The van der Waals surface area contributed by atoms with Gasteiger partial charge in [-0.3, -0.25) is 10.1 Å². The van der Waals surface area contributed by atoms with E-state index in [1.165, 1.54) is 12.1 Å². The largest absolute Gasteiger partial charge is 0.508 e. The van der Waals surface area contributed by atoms with Crippen molar-refractivity contribution in [1.82, 2.24) is 0 Å². The molecule has 0 aliphatic rings. The van der Waals surface area contributed by atoms with Crippen molar-refractivity contribution in [3.8, 4) is 5.75 Å². The predicted molar refractivity (Wildman–Crippen MR) is 88.6 cm³/mol. The fourth-order valence-electron chi connectivity index (χ4n) is 1.96. The number of anilines is 1. The van der Waals surface area contributed by atoms with Crippen molar-refractivity contribution < 1.29 is 10.0 Å². The van der Waals surface area contributed by atoms with E-state index in [4.69, 9.17) is 0 Å². The molecule has 0 aliphatic heterocycles. The van der Waals surface area contributed by atoms with Gasteiger partial charge in [0.2, 0.25) is 0 Å². The topological polar surface area (TPSA) is 75.4 Å². The number of rotatable bonds is 4. The molecule has 0 bridgehead atoms. The molecular formula is C14H12Br2N2O3. The third-order valence-electron chi connectivity index (χ3n) is 2.98. The van der Waals surface area contributed by atoms with Crippen LogP contribution in [0, 0.1) is 10.1 Å². The minimum absolute atomic E-state index is 0.135. The summed E-state index contributed by atoms with van der Waals surface area (Å²) in [6, 6.07) is 9.65. The average molecular weight is 416 g/mol. The Morgan fingerprint density at radius 1 is 1.24 bits per heavy atom. The minimum atomic E-state index is -0.522. The third-order valence-corrected chi connectivity index (χ3v) is 4.16. The Hall–Kier alpha value is -1.60. The van der Waals surface area contributed by atoms with Gasteiger partial charge in [-0.05, 0) is 36.8 Å². The summed E-state index contributed by atoms with van der Waals surface area (Å²) in [5, 5.41) is 23.5. The molecule has 0 aromatic heterocycles. The van der Waals surface area contributed by atoms with E-state index in [1.54, 1.807) is 0 Å². The van der Waals surface area contributed by atoms with E-state index in [1.807, 2.05) is 25.1 Å². The van der Waals surface area contributed by atoms with Gasteiger partial charge in [0.1, 0.15) is 11.4 Å². The highest BCUT2D eigenvalue weighted by atomic mass is 79.9. The van der Waals surface area contributed by atoms with E-state index in [9.17, 15) is 15.2 Å². The summed E-state index contributed by atoms with van der Waals surface area (Å²) >= 11 is 6.86. The normalized spacial score (nSPS) is 12.0. The van der Waals surface area contributed by atoms with Gasteiger partial charge in [0.25, 0.3) is 5.69 Å². The number of phenolic OH excluding ortho intramolecular Hbond substituents is 1. The Morgan fingerprint density at radius 3 is 2.57 bits per heavy atom. The van der Waals surface area contributed by atoms with E-state index < -0.39 is 4.92 Å². The van der Waals surface area contributed by atoms with Crippen LogP contribution in [0.4, 0.5) is 11.4 Å². The van der Waals surface area contributed by atoms with Gasteiger partial charge < -0.3 is 10.4 Å². The zero-order chi connectivity index (χ0) is 15.6. The van der Waals surface area contributed by atoms with Crippen LogP contribution in [0.2, 0.25) is 0 Å². The van der Waals surface area contributed by atoms with Gasteiger partial charge in [0.05, 0.1) is 11.0 Å². The highest BCUT2D eigenvalue weighted by Gasteiger charge is 2.18. The smallest absolute Gasteiger partial charge is 0.296 e. The van der Waals surface area contributed by atoms with Gasteiger partial charge in [-0.25, -0.2) is 0 Å². The van der Waals surface area contributed by atoms with Gasteiger partial charge in [-0.2, -0.15) is 0 Å². The Morgan fingerprint density at radius 2 is 1.95 bits per heavy atom. The first-order valence-electron chi connectivity index (χ1n) is 6.07. The number of hydrogen-bond donors (Lipinski definition) is 2. The molecule has 7 heteroatoms. The quantitative estimate of drug-likeness (QED) is 0.418. The molecule has 0 radical (unpaired) electrons. The van der Waals surface area contributed by atoms with Crippen molar-refractivity contribution in [2.45, 2.75) is 13.0 Å². The highest BCUT2D eigenvalue weighted by molar-refractivity contribution is 9.11. The number of hydrogen-bond acceptors (Lipinski definition) is 4. The first-order chi connectivity index (χ1) is 9.88. The van der Waals surface area contributed by atoms with Crippen LogP contribution in [0.25, 0.3) is 0 Å². The molecule has 5 nitrogen and oxygen atoms in total. The number of aromatic hydroxyl groups is 1. The number of nitrogens with one attached hydrogen (secondary N) is 1. The molecule has 2 aromatic carbocycles. The number of nitro groups is 1. The third kappa shape index (κ3) is 3.74. The van der Waals surface area contributed by atoms with E-state index in [-0.39, 0.29) is 17.5 Å². The van der Waals surface area contributed by atoms with Crippen molar-refractivity contribution in [2.24, 2.45) is 0 Å². The SMILES string of the molecule is CC(Nc1ccc(O)cc1[N+](=O)[O-])c1ccc(Br)cc1Br. The second kappa shape index (κ2) is 6.44. The molecule has 2 aromatic rings. The van der Waals surface area contributed by atoms with Crippen LogP contribution in [0.5, 0.6) is 5.75 Å². The van der Waals surface area contributed by atoms with Crippen LogP contribution in [-0.4, -0.2) is 10.0 Å². The fourth-order valence-corrected chi connectivity index (χ4v) is 3.35. The molecule has 21 heavy (non-hydrogen) atoms. The van der Waals surface area contributed by atoms with Crippen LogP contribution in [0.3, 0.4) is 0 Å². The number of nitro benzene ring substituents is 1. The Labute approximate surface area is 138 Å². The second-order valence-electron chi connectivity index (χ2n) is 4.49. The maximum atomic E-state index is 11.0. The predicted octanol–water partition coefficient (Wildman–Crippen LogP) is 5.00. The lowest BCUT2D eigenvalue weighted by Gasteiger charge is -2.17. The first kappa shape index (κ1) is 15.8. The van der Waals surface area contributed by atoms with Crippen molar-refractivity contribution in [2.75, 3.05) is 5.32 Å². The van der Waals surface area contributed by atoms with Gasteiger partial charge in [0, 0.05) is 15.0 Å². The maximum Gasteiger partial charge on any atom is 0.296 e. The molecule has 1 unspecified atom stereocenters. The monoisotopic (exact) mass is 414 g/mol. The first-order valence-corrected chi connectivity index (χ1v) is 7.66. The summed E-state index contributed by atoms with van der Waals surface area (Å²) in [7, 11) is 0. The summed E-state index contributed by atoms with van der Waals surface area (Å²) in [6.45, 7) is 1.91. The van der Waals surface area contributed by atoms with Gasteiger partial charge in [-0.15, -0.1) is 0 Å². The molecule has 0 fully saturated rings. The molecule has 2 rings (SSSR count). The fraction of sp³-hybridized carbons (Fsp3) is 0.143. The van der Waals surface area contributed by atoms with Crippen molar-refractivity contribution in [3.63, 3.8) is 0 Å². The molecule has 0 aliphatic carbocycles.